The van der Waals surface area contributed by atoms with E-state index >= 15 is 0 Å². The Morgan fingerprint density at radius 3 is 2.20 bits per heavy atom. The van der Waals surface area contributed by atoms with Crippen LogP contribution in [0.2, 0.25) is 5.02 Å². The van der Waals surface area contributed by atoms with Crippen LogP contribution in [0.15, 0.2) is 16.5 Å². The molecular formula is C20H24ClF5N2OS. The molecule has 2 fully saturated rings. The van der Waals surface area contributed by atoms with Crippen molar-refractivity contribution in [1.29, 1.82) is 0 Å². The van der Waals surface area contributed by atoms with Gasteiger partial charge in [-0.3, -0.25) is 4.90 Å². The molecule has 1 aliphatic heterocycles. The number of hydrogen-bond donors (Lipinski definition) is 0. The molecule has 1 saturated heterocycles. The van der Waals surface area contributed by atoms with Crippen LogP contribution >= 0.6 is 11.6 Å². The smallest absolute Gasteiger partial charge is 0.290 e. The molecule has 3 rings (SSSR count). The molecule has 0 radical (unpaired) electrons. The predicted molar refractivity (Wildman–Crippen MR) is 108 cm³/mol. The summed E-state index contributed by atoms with van der Waals surface area (Å²) < 4.78 is 84.9. The van der Waals surface area contributed by atoms with E-state index in [1.54, 1.807) is 20.8 Å². The Kier molecular flexibility index (Phi) is 6.40. The topological polar surface area (TPSA) is 32.7 Å². The minimum atomic E-state index is -4.29. The summed E-state index contributed by atoms with van der Waals surface area (Å²) in [4.78, 5) is 1.44. The van der Waals surface area contributed by atoms with Gasteiger partial charge >= 0.3 is 6.18 Å². The standard InChI is InChI=1S/C20H24ClF5N2OS/c1-18(2,3)30(29)27-17(13-4-5-14(22)15(21)16(13)23)12-6-10-28(11-7-12)19(8-9-19)20(24,25)26/h4-5,12H,6-11H2,1-3H3/t30-/m1/s1. The van der Waals surface area contributed by atoms with Crippen LogP contribution in [0, 0.1) is 17.6 Å². The predicted octanol–water partition coefficient (Wildman–Crippen LogP) is 5.68. The molecule has 1 aliphatic carbocycles. The maximum absolute atomic E-state index is 14.7. The summed E-state index contributed by atoms with van der Waals surface area (Å²) in [7, 11) is -1.73. The molecule has 10 heteroatoms. The number of rotatable bonds is 4. The zero-order valence-corrected chi connectivity index (χ0v) is 18.5. The lowest BCUT2D eigenvalue weighted by molar-refractivity contribution is -0.199. The first kappa shape index (κ1) is 23.6. The molecule has 3 nitrogen and oxygen atoms in total. The SMILES string of the molecule is CC(C)(C)[S@@](=O)N=C(c1ccc(F)c(Cl)c1F)C1CCN(C2(C(F)(F)F)CC2)CC1. The van der Waals surface area contributed by atoms with Crippen molar-refractivity contribution >= 4 is 28.3 Å². The first-order chi connectivity index (χ1) is 13.8. The van der Waals surface area contributed by atoms with Gasteiger partial charge in [0.15, 0.2) is 5.82 Å². The van der Waals surface area contributed by atoms with Crippen LogP contribution in [-0.2, 0) is 11.0 Å². The van der Waals surface area contributed by atoms with Crippen LogP contribution < -0.4 is 0 Å². The second-order valence-corrected chi connectivity index (χ2v) is 11.1. The van der Waals surface area contributed by atoms with Crippen LogP contribution in [0.25, 0.3) is 0 Å². The molecule has 168 valence electrons. The summed E-state index contributed by atoms with van der Waals surface area (Å²) in [6.07, 6.45) is -3.53. The molecular weight excluding hydrogens is 447 g/mol. The summed E-state index contributed by atoms with van der Waals surface area (Å²) >= 11 is 5.72. The number of likely N-dealkylation sites (tertiary alicyclic amines) is 1. The van der Waals surface area contributed by atoms with E-state index < -0.39 is 50.0 Å². The lowest BCUT2D eigenvalue weighted by Crippen LogP contribution is -2.52. The van der Waals surface area contributed by atoms with Crippen molar-refractivity contribution in [3.8, 4) is 0 Å². The molecule has 0 amide bonds. The highest BCUT2D eigenvalue weighted by Crippen LogP contribution is 2.54. The first-order valence-corrected chi connectivity index (χ1v) is 11.2. The van der Waals surface area contributed by atoms with Gasteiger partial charge < -0.3 is 0 Å². The zero-order valence-electron chi connectivity index (χ0n) is 17.0. The van der Waals surface area contributed by atoms with Crippen LogP contribution in [0.3, 0.4) is 0 Å². The fraction of sp³-hybridized carbons (Fsp3) is 0.650. The Bertz CT molecular complexity index is 869. The van der Waals surface area contributed by atoms with Crippen molar-refractivity contribution in [2.75, 3.05) is 13.1 Å². The average Bonchev–Trinajstić information content (AvgIpc) is 3.46. The van der Waals surface area contributed by atoms with Gasteiger partial charge in [-0.2, -0.15) is 17.6 Å². The Morgan fingerprint density at radius 2 is 1.73 bits per heavy atom. The number of halogens is 6. The van der Waals surface area contributed by atoms with E-state index in [0.717, 1.165) is 6.07 Å². The first-order valence-electron chi connectivity index (χ1n) is 9.74. The largest absolute Gasteiger partial charge is 0.406 e. The van der Waals surface area contributed by atoms with Crippen molar-refractivity contribution in [2.45, 2.75) is 62.9 Å². The van der Waals surface area contributed by atoms with Gasteiger partial charge in [-0.1, -0.05) is 11.6 Å². The Labute approximate surface area is 180 Å². The molecule has 1 atom stereocenters. The van der Waals surface area contributed by atoms with Gasteiger partial charge in [-0.25, -0.2) is 13.0 Å². The third-order valence-electron chi connectivity index (χ3n) is 5.75. The van der Waals surface area contributed by atoms with E-state index in [4.69, 9.17) is 11.6 Å². The minimum absolute atomic E-state index is 0.0607. The maximum Gasteiger partial charge on any atom is 0.406 e. The van der Waals surface area contributed by atoms with Gasteiger partial charge in [0.25, 0.3) is 0 Å². The van der Waals surface area contributed by atoms with E-state index in [0.29, 0.717) is 12.8 Å². The molecule has 0 bridgehead atoms. The van der Waals surface area contributed by atoms with Crippen molar-refractivity contribution in [3.05, 3.63) is 34.4 Å². The molecule has 0 unspecified atom stereocenters. The van der Waals surface area contributed by atoms with Gasteiger partial charge in [0.05, 0.1) is 10.5 Å². The molecule has 0 spiro atoms. The molecule has 1 heterocycles. The Morgan fingerprint density at radius 1 is 1.17 bits per heavy atom. The summed E-state index contributed by atoms with van der Waals surface area (Å²) in [5, 5.41) is -0.687. The lowest BCUT2D eigenvalue weighted by Gasteiger charge is -2.39. The van der Waals surface area contributed by atoms with Crippen molar-refractivity contribution in [2.24, 2.45) is 10.3 Å². The van der Waals surface area contributed by atoms with Crippen LogP contribution in [0.1, 0.15) is 52.0 Å². The molecule has 0 aromatic heterocycles. The van der Waals surface area contributed by atoms with E-state index in [2.05, 4.69) is 4.40 Å². The second kappa shape index (κ2) is 8.13. The molecule has 1 aromatic carbocycles. The van der Waals surface area contributed by atoms with E-state index in [1.807, 2.05) is 0 Å². The second-order valence-electron chi connectivity index (χ2n) is 8.85. The van der Waals surface area contributed by atoms with Crippen LogP contribution in [0.5, 0.6) is 0 Å². The normalized spacial score (nSPS) is 22.2. The van der Waals surface area contributed by atoms with Crippen molar-refractivity contribution < 1.29 is 26.2 Å². The number of piperidine rings is 1. The zero-order chi connectivity index (χ0) is 22.5. The summed E-state index contributed by atoms with van der Waals surface area (Å²) in [5.74, 6) is -2.34. The highest BCUT2D eigenvalue weighted by molar-refractivity contribution is 7.85. The fourth-order valence-corrected chi connectivity index (χ4v) is 4.64. The molecule has 0 N–H and O–H groups in total. The van der Waals surface area contributed by atoms with Gasteiger partial charge in [0.2, 0.25) is 0 Å². The third-order valence-corrected chi connectivity index (χ3v) is 7.51. The van der Waals surface area contributed by atoms with Gasteiger partial charge in [-0.05, 0) is 71.7 Å². The molecule has 1 aromatic rings. The summed E-state index contributed by atoms with van der Waals surface area (Å²) in [6, 6.07) is 2.20. The third kappa shape index (κ3) is 4.43. The molecule has 1 saturated carbocycles. The number of alkyl halides is 3. The maximum atomic E-state index is 14.7. The van der Waals surface area contributed by atoms with Crippen LogP contribution in [-0.4, -0.2) is 44.4 Å². The molecule has 2 aliphatic rings. The Balaban J connectivity index is 1.91. The number of hydrogen-bond acceptors (Lipinski definition) is 2. The van der Waals surface area contributed by atoms with Crippen molar-refractivity contribution in [3.63, 3.8) is 0 Å². The Hall–Kier alpha value is -1.06. The van der Waals surface area contributed by atoms with Crippen molar-refractivity contribution in [1.82, 2.24) is 4.90 Å². The highest BCUT2D eigenvalue weighted by atomic mass is 35.5. The summed E-state index contributed by atoms with van der Waals surface area (Å²) in [6.45, 7) is 5.47. The number of benzene rings is 1. The van der Waals surface area contributed by atoms with Crippen LogP contribution in [0.4, 0.5) is 22.0 Å². The minimum Gasteiger partial charge on any atom is -0.290 e. The highest BCUT2D eigenvalue weighted by Gasteiger charge is 2.66. The fourth-order valence-electron chi connectivity index (χ4n) is 3.77. The summed E-state index contributed by atoms with van der Waals surface area (Å²) in [5.41, 5.74) is -1.65. The van der Waals surface area contributed by atoms with Gasteiger partial charge in [0, 0.05) is 11.5 Å². The molecule has 30 heavy (non-hydrogen) atoms. The quantitative estimate of drug-likeness (QED) is 0.322. The van der Waals surface area contributed by atoms with E-state index in [1.165, 1.54) is 11.0 Å². The van der Waals surface area contributed by atoms with E-state index in [9.17, 15) is 26.2 Å². The monoisotopic (exact) mass is 470 g/mol. The lowest BCUT2D eigenvalue weighted by atomic mass is 9.87. The van der Waals surface area contributed by atoms with E-state index in [-0.39, 0.29) is 37.2 Å². The average molecular weight is 471 g/mol. The van der Waals surface area contributed by atoms with Gasteiger partial charge in [-0.15, -0.1) is 0 Å². The number of nitrogens with zero attached hydrogens (tertiary/aromatic N) is 2. The van der Waals surface area contributed by atoms with Gasteiger partial charge in [0.1, 0.15) is 27.4 Å².